The van der Waals surface area contributed by atoms with Gasteiger partial charge in [-0.25, -0.2) is 0 Å². The van der Waals surface area contributed by atoms with E-state index >= 15 is 0 Å². The van der Waals surface area contributed by atoms with Crippen LogP contribution in [0.1, 0.15) is 18.4 Å². The molecular formula is C22H30N4O4. The zero-order chi connectivity index (χ0) is 21.3. The second-order valence-corrected chi connectivity index (χ2v) is 7.53. The molecule has 1 aromatic carbocycles. The number of carbonyl (C=O) groups excluding carboxylic acids is 3. The monoisotopic (exact) mass is 414 g/mol. The van der Waals surface area contributed by atoms with Crippen molar-refractivity contribution < 1.29 is 19.1 Å². The number of hydrogen-bond donors (Lipinski definition) is 1. The van der Waals surface area contributed by atoms with Crippen LogP contribution in [0.3, 0.4) is 0 Å². The molecule has 0 bridgehead atoms. The van der Waals surface area contributed by atoms with Gasteiger partial charge in [-0.3, -0.25) is 19.3 Å². The lowest BCUT2D eigenvalue weighted by molar-refractivity contribution is -0.138. The van der Waals surface area contributed by atoms with E-state index in [-0.39, 0.29) is 18.2 Å². The molecule has 1 atom stereocenters. The molecule has 2 aliphatic heterocycles. The van der Waals surface area contributed by atoms with E-state index in [1.54, 1.807) is 16.9 Å². The first kappa shape index (κ1) is 21.8. The average molecular weight is 415 g/mol. The molecule has 30 heavy (non-hydrogen) atoms. The highest BCUT2D eigenvalue weighted by Gasteiger charge is 2.32. The average Bonchev–Trinajstić information content (AvgIpc) is 3.02. The SMILES string of the molecule is COc1ccccc1/C=C/CN1CCNC(=O)[C@@H]1CC(=O)N1CCCN(C=O)CC1. The Bertz CT molecular complexity index is 782. The first-order valence-corrected chi connectivity index (χ1v) is 10.4. The summed E-state index contributed by atoms with van der Waals surface area (Å²) in [5.41, 5.74) is 0.971. The molecule has 1 N–H and O–H groups in total. The Morgan fingerprint density at radius 1 is 1.20 bits per heavy atom. The van der Waals surface area contributed by atoms with Gasteiger partial charge in [0.05, 0.1) is 19.6 Å². The number of piperazine rings is 1. The number of nitrogens with zero attached hydrogens (tertiary/aromatic N) is 3. The highest BCUT2D eigenvalue weighted by Crippen LogP contribution is 2.19. The third-order valence-corrected chi connectivity index (χ3v) is 5.62. The van der Waals surface area contributed by atoms with Crippen molar-refractivity contribution in [3.05, 3.63) is 35.9 Å². The fourth-order valence-corrected chi connectivity index (χ4v) is 3.91. The largest absolute Gasteiger partial charge is 0.496 e. The van der Waals surface area contributed by atoms with E-state index in [2.05, 4.69) is 5.32 Å². The standard InChI is InChI=1S/C22H30N4O4/c1-30-20-8-3-2-6-18(20)7-4-11-25-13-9-23-22(29)19(25)16-21(28)26-12-5-10-24(17-27)14-15-26/h2-4,6-8,17,19H,5,9-16H2,1H3,(H,23,29)/b7-4+/t19-/m0/s1. The molecule has 162 valence electrons. The summed E-state index contributed by atoms with van der Waals surface area (Å²) in [5.74, 6) is 0.649. The van der Waals surface area contributed by atoms with Crippen LogP contribution in [0.25, 0.3) is 6.08 Å². The molecule has 2 aliphatic rings. The van der Waals surface area contributed by atoms with E-state index in [1.807, 2.05) is 41.3 Å². The summed E-state index contributed by atoms with van der Waals surface area (Å²) < 4.78 is 5.37. The molecule has 8 heteroatoms. The number of carbonyl (C=O) groups is 3. The maximum Gasteiger partial charge on any atom is 0.237 e. The van der Waals surface area contributed by atoms with Crippen LogP contribution in [-0.4, -0.2) is 91.9 Å². The Kier molecular flexibility index (Phi) is 7.84. The van der Waals surface area contributed by atoms with Gasteiger partial charge in [-0.2, -0.15) is 0 Å². The minimum atomic E-state index is -0.487. The van der Waals surface area contributed by atoms with Crippen molar-refractivity contribution in [1.29, 1.82) is 0 Å². The molecule has 0 spiro atoms. The molecular weight excluding hydrogens is 384 g/mol. The molecule has 3 amide bonds. The van der Waals surface area contributed by atoms with E-state index in [1.165, 1.54) is 0 Å². The quantitative estimate of drug-likeness (QED) is 0.661. The van der Waals surface area contributed by atoms with Gasteiger partial charge in [0.15, 0.2) is 0 Å². The van der Waals surface area contributed by atoms with Crippen molar-refractivity contribution in [3.8, 4) is 5.75 Å². The Morgan fingerprint density at radius 2 is 2.03 bits per heavy atom. The van der Waals surface area contributed by atoms with Crippen molar-refractivity contribution in [2.45, 2.75) is 18.9 Å². The number of ether oxygens (including phenoxy) is 1. The van der Waals surface area contributed by atoms with Gasteiger partial charge in [0.2, 0.25) is 18.2 Å². The van der Waals surface area contributed by atoms with Crippen LogP contribution in [0.5, 0.6) is 5.75 Å². The minimum absolute atomic E-state index is 0.0384. The van der Waals surface area contributed by atoms with E-state index < -0.39 is 6.04 Å². The van der Waals surface area contributed by atoms with Gasteiger partial charge >= 0.3 is 0 Å². The van der Waals surface area contributed by atoms with Crippen LogP contribution in [0.15, 0.2) is 30.3 Å². The Morgan fingerprint density at radius 3 is 2.83 bits per heavy atom. The van der Waals surface area contributed by atoms with Gasteiger partial charge in [0.1, 0.15) is 5.75 Å². The van der Waals surface area contributed by atoms with E-state index in [4.69, 9.17) is 4.74 Å². The summed E-state index contributed by atoms with van der Waals surface area (Å²) in [6.07, 6.45) is 5.72. The smallest absolute Gasteiger partial charge is 0.237 e. The fraction of sp³-hybridized carbons (Fsp3) is 0.500. The topological polar surface area (TPSA) is 82.2 Å². The molecule has 2 saturated heterocycles. The zero-order valence-corrected chi connectivity index (χ0v) is 17.5. The molecule has 0 radical (unpaired) electrons. The van der Waals surface area contributed by atoms with Crippen LogP contribution >= 0.6 is 0 Å². The summed E-state index contributed by atoms with van der Waals surface area (Å²) in [7, 11) is 1.64. The summed E-state index contributed by atoms with van der Waals surface area (Å²) in [6, 6.07) is 7.26. The lowest BCUT2D eigenvalue weighted by atomic mass is 10.1. The number of amides is 3. The van der Waals surface area contributed by atoms with Crippen LogP contribution in [0.4, 0.5) is 0 Å². The second kappa shape index (κ2) is 10.8. The number of hydrogen-bond acceptors (Lipinski definition) is 5. The van der Waals surface area contributed by atoms with Gasteiger partial charge < -0.3 is 19.9 Å². The number of benzene rings is 1. The van der Waals surface area contributed by atoms with Gasteiger partial charge in [-0.05, 0) is 12.5 Å². The third-order valence-electron chi connectivity index (χ3n) is 5.62. The Hall–Kier alpha value is -2.87. The number of rotatable bonds is 7. The zero-order valence-electron chi connectivity index (χ0n) is 17.5. The van der Waals surface area contributed by atoms with Crippen molar-refractivity contribution in [1.82, 2.24) is 20.0 Å². The van der Waals surface area contributed by atoms with Gasteiger partial charge in [0.25, 0.3) is 0 Å². The van der Waals surface area contributed by atoms with Crippen molar-refractivity contribution in [2.75, 3.05) is 52.9 Å². The van der Waals surface area contributed by atoms with Gasteiger partial charge in [-0.15, -0.1) is 0 Å². The fourth-order valence-electron chi connectivity index (χ4n) is 3.91. The summed E-state index contributed by atoms with van der Waals surface area (Å²) >= 11 is 0. The van der Waals surface area contributed by atoms with Crippen LogP contribution in [-0.2, 0) is 14.4 Å². The predicted octanol–water partition coefficient (Wildman–Crippen LogP) is 0.590. The predicted molar refractivity (Wildman–Crippen MR) is 114 cm³/mol. The summed E-state index contributed by atoms with van der Waals surface area (Å²) in [4.78, 5) is 41.8. The first-order valence-electron chi connectivity index (χ1n) is 10.4. The molecule has 3 rings (SSSR count). The highest BCUT2D eigenvalue weighted by atomic mass is 16.5. The van der Waals surface area contributed by atoms with Gasteiger partial charge in [0, 0.05) is 51.4 Å². The molecule has 1 aromatic rings. The number of nitrogens with one attached hydrogen (secondary N) is 1. The molecule has 2 heterocycles. The van der Waals surface area contributed by atoms with Crippen molar-refractivity contribution in [3.63, 3.8) is 0 Å². The van der Waals surface area contributed by atoms with Crippen LogP contribution in [0, 0.1) is 0 Å². The van der Waals surface area contributed by atoms with Crippen molar-refractivity contribution in [2.24, 2.45) is 0 Å². The summed E-state index contributed by atoms with van der Waals surface area (Å²) in [6.45, 7) is 4.17. The number of methoxy groups -OCH3 is 1. The Labute approximate surface area is 177 Å². The molecule has 8 nitrogen and oxygen atoms in total. The first-order chi connectivity index (χ1) is 14.6. The normalized spacial score (nSPS) is 20.7. The number of para-hydroxylation sites is 1. The molecule has 0 aromatic heterocycles. The maximum absolute atomic E-state index is 12.9. The summed E-state index contributed by atoms with van der Waals surface area (Å²) in [5, 5.41) is 2.88. The van der Waals surface area contributed by atoms with Gasteiger partial charge in [-0.1, -0.05) is 30.4 Å². The Balaban J connectivity index is 1.61. The van der Waals surface area contributed by atoms with Crippen molar-refractivity contribution >= 4 is 24.3 Å². The molecule has 0 aliphatic carbocycles. The minimum Gasteiger partial charge on any atom is -0.496 e. The van der Waals surface area contributed by atoms with E-state index in [9.17, 15) is 14.4 Å². The third kappa shape index (κ3) is 5.60. The molecule has 0 unspecified atom stereocenters. The van der Waals surface area contributed by atoms with Crippen LogP contribution < -0.4 is 10.1 Å². The highest BCUT2D eigenvalue weighted by molar-refractivity contribution is 5.89. The second-order valence-electron chi connectivity index (χ2n) is 7.53. The maximum atomic E-state index is 12.9. The molecule has 2 fully saturated rings. The lowest BCUT2D eigenvalue weighted by Gasteiger charge is -2.35. The lowest BCUT2D eigenvalue weighted by Crippen LogP contribution is -2.56. The van der Waals surface area contributed by atoms with Crippen LogP contribution in [0.2, 0.25) is 0 Å². The van der Waals surface area contributed by atoms with E-state index in [0.717, 1.165) is 24.1 Å². The van der Waals surface area contributed by atoms with E-state index in [0.29, 0.717) is 45.8 Å². The molecule has 0 saturated carbocycles.